The second kappa shape index (κ2) is 6.05. The molecule has 0 aromatic heterocycles. The van der Waals surface area contributed by atoms with Crippen LogP contribution in [0.1, 0.15) is 30.0 Å². The Morgan fingerprint density at radius 2 is 1.88 bits per heavy atom. The van der Waals surface area contributed by atoms with Crippen LogP contribution in [0.2, 0.25) is 5.02 Å². The zero-order chi connectivity index (χ0) is 17.6. The molecule has 24 heavy (non-hydrogen) atoms. The Bertz CT molecular complexity index is 911. The maximum atomic E-state index is 13.5. The molecule has 0 bridgehead atoms. The van der Waals surface area contributed by atoms with E-state index >= 15 is 0 Å². The van der Waals surface area contributed by atoms with Gasteiger partial charge in [-0.05, 0) is 80.6 Å². The lowest BCUT2D eigenvalue weighted by Gasteiger charge is -2.36. The van der Waals surface area contributed by atoms with Gasteiger partial charge in [-0.1, -0.05) is 11.6 Å². The van der Waals surface area contributed by atoms with Gasteiger partial charge in [-0.3, -0.25) is 4.31 Å². The third-order valence-corrected chi connectivity index (χ3v) is 6.98. The van der Waals surface area contributed by atoms with E-state index in [0.29, 0.717) is 34.7 Å². The quantitative estimate of drug-likeness (QED) is 0.776. The molecule has 0 fully saturated rings. The van der Waals surface area contributed by atoms with Crippen molar-refractivity contribution < 1.29 is 12.8 Å². The van der Waals surface area contributed by atoms with Gasteiger partial charge in [-0.2, -0.15) is 0 Å². The van der Waals surface area contributed by atoms with E-state index in [0.717, 1.165) is 5.56 Å². The second-order valence-electron chi connectivity index (χ2n) is 6.33. The topological polar surface area (TPSA) is 37.4 Å². The van der Waals surface area contributed by atoms with Crippen LogP contribution >= 0.6 is 11.6 Å². The van der Waals surface area contributed by atoms with E-state index in [1.54, 1.807) is 32.0 Å². The van der Waals surface area contributed by atoms with Crippen LogP contribution in [0.4, 0.5) is 10.1 Å². The lowest BCUT2D eigenvalue weighted by atomic mass is 9.99. The molecular weight excluding hydrogens is 349 g/mol. The molecule has 0 saturated heterocycles. The fraction of sp³-hybridized carbons (Fsp3) is 0.333. The molecule has 2 aromatic rings. The van der Waals surface area contributed by atoms with E-state index < -0.39 is 10.0 Å². The summed E-state index contributed by atoms with van der Waals surface area (Å²) in [6.07, 6.45) is 1.32. The number of rotatable bonds is 2. The third-order valence-electron chi connectivity index (χ3n) is 4.50. The Morgan fingerprint density at radius 3 is 2.58 bits per heavy atom. The Morgan fingerprint density at radius 1 is 1.17 bits per heavy atom. The highest BCUT2D eigenvalue weighted by Gasteiger charge is 2.35. The number of sulfonamides is 1. The molecule has 3 nitrogen and oxygen atoms in total. The van der Waals surface area contributed by atoms with Crippen LogP contribution < -0.4 is 4.31 Å². The van der Waals surface area contributed by atoms with Crippen molar-refractivity contribution in [3.05, 3.63) is 57.9 Å². The van der Waals surface area contributed by atoms with Gasteiger partial charge in [0.15, 0.2) is 0 Å². The molecule has 0 saturated carbocycles. The molecule has 0 aliphatic carbocycles. The van der Waals surface area contributed by atoms with Crippen LogP contribution in [-0.2, 0) is 16.4 Å². The summed E-state index contributed by atoms with van der Waals surface area (Å²) in [4.78, 5) is 0.244. The van der Waals surface area contributed by atoms with Gasteiger partial charge >= 0.3 is 0 Å². The number of fused-ring (bicyclic) bond motifs is 1. The number of nitrogens with zero attached hydrogens (tertiary/aromatic N) is 1. The van der Waals surface area contributed by atoms with Crippen molar-refractivity contribution in [1.82, 2.24) is 0 Å². The minimum absolute atomic E-state index is 0.191. The van der Waals surface area contributed by atoms with Crippen molar-refractivity contribution in [1.29, 1.82) is 0 Å². The van der Waals surface area contributed by atoms with Gasteiger partial charge < -0.3 is 0 Å². The van der Waals surface area contributed by atoms with Crippen LogP contribution in [0.5, 0.6) is 0 Å². The molecule has 0 N–H and O–H groups in total. The van der Waals surface area contributed by atoms with Crippen molar-refractivity contribution in [2.75, 3.05) is 4.31 Å². The van der Waals surface area contributed by atoms with Gasteiger partial charge in [0.25, 0.3) is 10.0 Å². The van der Waals surface area contributed by atoms with E-state index in [9.17, 15) is 12.8 Å². The summed E-state index contributed by atoms with van der Waals surface area (Å²) in [7, 11) is -3.76. The summed E-state index contributed by atoms with van der Waals surface area (Å²) < 4.78 is 41.6. The summed E-state index contributed by atoms with van der Waals surface area (Å²) in [5.74, 6) is -0.348. The van der Waals surface area contributed by atoms with Crippen LogP contribution in [-0.4, -0.2) is 14.5 Å². The number of hydrogen-bond donors (Lipinski definition) is 0. The van der Waals surface area contributed by atoms with Crippen molar-refractivity contribution in [3.63, 3.8) is 0 Å². The normalized spacial score (nSPS) is 17.7. The molecule has 1 unspecified atom stereocenters. The van der Waals surface area contributed by atoms with Gasteiger partial charge in [-0.15, -0.1) is 0 Å². The monoisotopic (exact) mass is 367 g/mol. The number of halogens is 2. The standard InChI is InChI=1S/C18H19ClFNO2S/c1-11-9-18(12(2)8-16(11)19)24(22,23)21-13(3)4-5-14-10-15(20)6-7-17(14)21/h6-10,13H,4-5H2,1-3H3. The smallest absolute Gasteiger partial charge is 0.263 e. The summed E-state index contributed by atoms with van der Waals surface area (Å²) >= 11 is 6.10. The highest BCUT2D eigenvalue weighted by molar-refractivity contribution is 7.93. The highest BCUT2D eigenvalue weighted by atomic mass is 35.5. The molecule has 1 atom stereocenters. The van der Waals surface area contributed by atoms with Crippen LogP contribution in [0, 0.1) is 19.7 Å². The molecule has 3 rings (SSSR count). The Kier molecular flexibility index (Phi) is 4.34. The highest BCUT2D eigenvalue weighted by Crippen LogP contribution is 2.37. The van der Waals surface area contributed by atoms with Gasteiger partial charge in [0.05, 0.1) is 10.6 Å². The molecule has 6 heteroatoms. The van der Waals surface area contributed by atoms with Crippen LogP contribution in [0.25, 0.3) is 0 Å². The first-order valence-electron chi connectivity index (χ1n) is 7.81. The predicted octanol–water partition coefficient (Wildman–Crippen LogP) is 4.63. The largest absolute Gasteiger partial charge is 0.264 e. The number of benzene rings is 2. The van der Waals surface area contributed by atoms with Crippen molar-refractivity contribution >= 4 is 27.3 Å². The maximum Gasteiger partial charge on any atom is 0.264 e. The lowest BCUT2D eigenvalue weighted by molar-refractivity contribution is 0.559. The summed E-state index contributed by atoms with van der Waals surface area (Å²) in [6, 6.07) is 7.36. The van der Waals surface area contributed by atoms with E-state index in [2.05, 4.69) is 0 Å². The van der Waals surface area contributed by atoms with Gasteiger partial charge in [0.2, 0.25) is 0 Å². The Balaban J connectivity index is 2.19. The van der Waals surface area contributed by atoms with Gasteiger partial charge in [0.1, 0.15) is 5.82 Å². The minimum Gasteiger partial charge on any atom is -0.263 e. The fourth-order valence-corrected chi connectivity index (χ4v) is 5.43. The first kappa shape index (κ1) is 17.2. The third kappa shape index (κ3) is 2.80. The van der Waals surface area contributed by atoms with Crippen LogP contribution in [0.3, 0.4) is 0 Å². The van der Waals surface area contributed by atoms with E-state index in [1.807, 2.05) is 6.92 Å². The number of hydrogen-bond acceptors (Lipinski definition) is 2. The molecular formula is C18H19ClFNO2S. The average Bonchev–Trinajstić information content (AvgIpc) is 2.50. The zero-order valence-electron chi connectivity index (χ0n) is 13.8. The maximum absolute atomic E-state index is 13.5. The average molecular weight is 368 g/mol. The minimum atomic E-state index is -3.76. The molecule has 1 aliphatic rings. The first-order valence-corrected chi connectivity index (χ1v) is 9.63. The molecule has 2 aromatic carbocycles. The van der Waals surface area contributed by atoms with Crippen molar-refractivity contribution in [3.8, 4) is 0 Å². The molecule has 128 valence electrons. The SMILES string of the molecule is Cc1cc(S(=O)(=O)N2c3ccc(F)cc3CCC2C)c(C)cc1Cl. The molecule has 0 amide bonds. The fourth-order valence-electron chi connectivity index (χ4n) is 3.19. The summed E-state index contributed by atoms with van der Waals surface area (Å²) in [5.41, 5.74) is 2.60. The van der Waals surface area contributed by atoms with E-state index in [4.69, 9.17) is 11.6 Å². The lowest BCUT2D eigenvalue weighted by Crippen LogP contribution is -2.42. The molecule has 0 spiro atoms. The zero-order valence-corrected chi connectivity index (χ0v) is 15.4. The van der Waals surface area contributed by atoms with Gasteiger partial charge in [0, 0.05) is 11.1 Å². The van der Waals surface area contributed by atoms with Gasteiger partial charge in [-0.25, -0.2) is 12.8 Å². The second-order valence-corrected chi connectivity index (χ2v) is 8.52. The number of aryl methyl sites for hydroxylation is 3. The van der Waals surface area contributed by atoms with E-state index in [-0.39, 0.29) is 16.8 Å². The summed E-state index contributed by atoms with van der Waals surface area (Å²) in [6.45, 7) is 5.39. The molecule has 1 aliphatic heterocycles. The molecule has 0 radical (unpaired) electrons. The Hall–Kier alpha value is -1.59. The summed E-state index contributed by atoms with van der Waals surface area (Å²) in [5, 5.41) is 0.542. The Labute approximate surface area is 147 Å². The van der Waals surface area contributed by atoms with E-state index in [1.165, 1.54) is 16.4 Å². The van der Waals surface area contributed by atoms with Crippen molar-refractivity contribution in [2.45, 2.75) is 44.6 Å². The van der Waals surface area contributed by atoms with Crippen LogP contribution in [0.15, 0.2) is 35.2 Å². The first-order chi connectivity index (χ1) is 11.2. The molecule has 1 heterocycles. The number of anilines is 1. The predicted molar refractivity (Wildman–Crippen MR) is 94.8 cm³/mol. The van der Waals surface area contributed by atoms with Crippen molar-refractivity contribution in [2.24, 2.45) is 0 Å².